The maximum atomic E-state index is 10.6. The first-order valence-corrected chi connectivity index (χ1v) is 8.32. The summed E-state index contributed by atoms with van der Waals surface area (Å²) in [4.78, 5) is 6.55. The van der Waals surface area contributed by atoms with Crippen molar-refractivity contribution < 1.29 is 14.9 Å². The van der Waals surface area contributed by atoms with Crippen molar-refractivity contribution in [3.8, 4) is 11.5 Å². The van der Waals surface area contributed by atoms with Crippen molar-refractivity contribution in [2.75, 3.05) is 20.2 Å². The van der Waals surface area contributed by atoms with E-state index in [1.807, 2.05) is 29.9 Å². The molecule has 2 N–H and O–H groups in total. The lowest BCUT2D eigenvalue weighted by Crippen LogP contribution is -2.37. The van der Waals surface area contributed by atoms with Crippen LogP contribution in [0.15, 0.2) is 30.6 Å². The third-order valence-electron chi connectivity index (χ3n) is 4.80. The minimum Gasteiger partial charge on any atom is -0.507 e. The summed E-state index contributed by atoms with van der Waals surface area (Å²) in [5.74, 6) is 1.77. The van der Waals surface area contributed by atoms with Gasteiger partial charge in [0.05, 0.1) is 7.11 Å². The van der Waals surface area contributed by atoms with Gasteiger partial charge in [-0.15, -0.1) is 0 Å². The number of hydrogen-bond acceptors (Lipinski definition) is 5. The van der Waals surface area contributed by atoms with Crippen molar-refractivity contribution in [3.63, 3.8) is 0 Å². The predicted molar refractivity (Wildman–Crippen MR) is 90.8 cm³/mol. The number of aliphatic hydroxyl groups is 1. The average Bonchev–Trinajstić information content (AvgIpc) is 3.02. The molecule has 1 aromatic heterocycles. The van der Waals surface area contributed by atoms with Gasteiger partial charge in [-0.2, -0.15) is 0 Å². The van der Waals surface area contributed by atoms with Crippen molar-refractivity contribution in [2.45, 2.75) is 25.5 Å². The lowest BCUT2D eigenvalue weighted by molar-refractivity contribution is 0.0403. The van der Waals surface area contributed by atoms with Crippen LogP contribution in [-0.2, 0) is 13.6 Å². The molecule has 2 unspecified atom stereocenters. The maximum Gasteiger partial charge on any atom is 0.137 e. The van der Waals surface area contributed by atoms with E-state index >= 15 is 0 Å². The van der Waals surface area contributed by atoms with Crippen LogP contribution in [0, 0.1) is 5.92 Å². The topological polar surface area (TPSA) is 70.8 Å². The zero-order valence-electron chi connectivity index (χ0n) is 14.2. The zero-order chi connectivity index (χ0) is 17.1. The highest BCUT2D eigenvalue weighted by molar-refractivity contribution is 5.39. The molecule has 2 atom stereocenters. The van der Waals surface area contributed by atoms with Crippen LogP contribution in [0.2, 0.25) is 0 Å². The van der Waals surface area contributed by atoms with Crippen LogP contribution in [-0.4, -0.2) is 44.9 Å². The summed E-state index contributed by atoms with van der Waals surface area (Å²) in [5, 5.41) is 20.8. The smallest absolute Gasteiger partial charge is 0.137 e. The van der Waals surface area contributed by atoms with E-state index in [0.29, 0.717) is 18.1 Å². The van der Waals surface area contributed by atoms with E-state index in [4.69, 9.17) is 4.74 Å². The van der Waals surface area contributed by atoms with Gasteiger partial charge in [0.15, 0.2) is 0 Å². The van der Waals surface area contributed by atoms with Crippen molar-refractivity contribution in [2.24, 2.45) is 13.0 Å². The number of piperidine rings is 1. The Morgan fingerprint density at radius 3 is 2.92 bits per heavy atom. The highest BCUT2D eigenvalue weighted by Crippen LogP contribution is 2.31. The van der Waals surface area contributed by atoms with E-state index < -0.39 is 6.10 Å². The van der Waals surface area contributed by atoms with Crippen LogP contribution >= 0.6 is 0 Å². The molecule has 0 radical (unpaired) electrons. The summed E-state index contributed by atoms with van der Waals surface area (Å²) < 4.78 is 7.00. The molecule has 1 aliphatic rings. The molecule has 0 bridgehead atoms. The van der Waals surface area contributed by atoms with E-state index in [1.165, 1.54) is 0 Å². The van der Waals surface area contributed by atoms with Crippen molar-refractivity contribution >= 4 is 0 Å². The van der Waals surface area contributed by atoms with Gasteiger partial charge in [-0.1, -0.05) is 6.07 Å². The van der Waals surface area contributed by atoms with Gasteiger partial charge in [0.1, 0.15) is 23.4 Å². The monoisotopic (exact) mass is 331 g/mol. The lowest BCUT2D eigenvalue weighted by Gasteiger charge is -2.35. The number of ether oxygens (including phenoxy) is 1. The Labute approximate surface area is 142 Å². The van der Waals surface area contributed by atoms with Gasteiger partial charge in [-0.25, -0.2) is 4.98 Å². The van der Waals surface area contributed by atoms with E-state index in [0.717, 1.165) is 31.5 Å². The second-order valence-corrected chi connectivity index (χ2v) is 6.47. The minimum atomic E-state index is -0.558. The average molecular weight is 331 g/mol. The Morgan fingerprint density at radius 2 is 2.25 bits per heavy atom. The second-order valence-electron chi connectivity index (χ2n) is 6.47. The number of likely N-dealkylation sites (tertiary alicyclic amines) is 1. The van der Waals surface area contributed by atoms with Gasteiger partial charge in [-0.05, 0) is 25.5 Å². The first-order chi connectivity index (χ1) is 11.6. The number of nitrogens with zero attached hydrogens (tertiary/aromatic N) is 3. The quantitative estimate of drug-likeness (QED) is 0.878. The Kier molecular flexibility index (Phi) is 5.06. The molecule has 2 heterocycles. The van der Waals surface area contributed by atoms with Crippen molar-refractivity contribution in [1.29, 1.82) is 0 Å². The highest BCUT2D eigenvalue weighted by Gasteiger charge is 2.29. The minimum absolute atomic E-state index is 0.153. The van der Waals surface area contributed by atoms with E-state index in [2.05, 4.69) is 9.88 Å². The molecule has 0 aliphatic carbocycles. The number of imidazole rings is 1. The second kappa shape index (κ2) is 7.23. The molecule has 24 heavy (non-hydrogen) atoms. The number of hydrogen-bond donors (Lipinski definition) is 2. The van der Waals surface area contributed by atoms with E-state index in [1.54, 1.807) is 19.4 Å². The molecular formula is C18H25N3O3. The largest absolute Gasteiger partial charge is 0.507 e. The molecule has 130 valence electrons. The Hall–Kier alpha value is -2.05. The SMILES string of the molecule is COc1ccc(CN2CCCC(C(O)c3nccn3C)C2)c(O)c1. The summed E-state index contributed by atoms with van der Waals surface area (Å²) in [7, 11) is 3.49. The molecule has 6 heteroatoms. The fourth-order valence-electron chi connectivity index (χ4n) is 3.41. The Morgan fingerprint density at radius 1 is 1.42 bits per heavy atom. The van der Waals surface area contributed by atoms with Gasteiger partial charge in [0.2, 0.25) is 0 Å². The summed E-state index contributed by atoms with van der Waals surface area (Å²) in [6.07, 6.45) is 5.03. The van der Waals surface area contributed by atoms with Crippen LogP contribution in [0.5, 0.6) is 11.5 Å². The van der Waals surface area contributed by atoms with Crippen LogP contribution < -0.4 is 4.74 Å². The summed E-state index contributed by atoms with van der Waals surface area (Å²) >= 11 is 0. The number of aromatic nitrogens is 2. The standard InChI is InChI=1S/C18H25N3O3/c1-20-9-7-19-18(20)17(23)14-4-3-8-21(12-14)11-13-5-6-15(24-2)10-16(13)22/h5-7,9-10,14,17,22-23H,3-4,8,11-12H2,1-2H3. The normalized spacial score (nSPS) is 20.0. The van der Waals surface area contributed by atoms with E-state index in [-0.39, 0.29) is 11.7 Å². The van der Waals surface area contributed by atoms with Gasteiger partial charge >= 0.3 is 0 Å². The summed E-state index contributed by atoms with van der Waals surface area (Å²) in [5.41, 5.74) is 0.878. The number of benzene rings is 1. The maximum absolute atomic E-state index is 10.6. The number of methoxy groups -OCH3 is 1. The number of aryl methyl sites for hydroxylation is 1. The van der Waals surface area contributed by atoms with Crippen LogP contribution in [0.1, 0.15) is 30.3 Å². The van der Waals surface area contributed by atoms with Crippen molar-refractivity contribution in [3.05, 3.63) is 42.0 Å². The highest BCUT2D eigenvalue weighted by atomic mass is 16.5. The molecule has 1 saturated heterocycles. The van der Waals surface area contributed by atoms with Gasteiger partial charge in [0, 0.05) is 50.1 Å². The lowest BCUT2D eigenvalue weighted by atomic mass is 9.91. The zero-order valence-corrected chi connectivity index (χ0v) is 14.2. The molecule has 2 aromatic rings. The molecule has 0 saturated carbocycles. The van der Waals surface area contributed by atoms with Crippen molar-refractivity contribution in [1.82, 2.24) is 14.5 Å². The molecule has 1 aliphatic heterocycles. The fourth-order valence-corrected chi connectivity index (χ4v) is 3.41. The Bertz CT molecular complexity index is 686. The first kappa shape index (κ1) is 16.8. The molecular weight excluding hydrogens is 306 g/mol. The molecule has 1 fully saturated rings. The number of phenols is 1. The number of aliphatic hydroxyl groups excluding tert-OH is 1. The number of aromatic hydroxyl groups is 1. The van der Waals surface area contributed by atoms with Gasteiger partial charge in [-0.3, -0.25) is 4.90 Å². The molecule has 3 rings (SSSR count). The summed E-state index contributed by atoms with van der Waals surface area (Å²) in [6.45, 7) is 2.42. The Balaban J connectivity index is 1.66. The van der Waals surface area contributed by atoms with E-state index in [9.17, 15) is 10.2 Å². The predicted octanol–water partition coefficient (Wildman–Crippen LogP) is 2.08. The number of rotatable bonds is 5. The molecule has 6 nitrogen and oxygen atoms in total. The molecule has 0 amide bonds. The number of phenolic OH excluding ortho intramolecular Hbond substituents is 1. The van der Waals surface area contributed by atoms with Crippen LogP contribution in [0.4, 0.5) is 0 Å². The third-order valence-corrected chi connectivity index (χ3v) is 4.80. The molecule has 0 spiro atoms. The van der Waals surface area contributed by atoms with Crippen LogP contribution in [0.25, 0.3) is 0 Å². The summed E-state index contributed by atoms with van der Waals surface area (Å²) in [6, 6.07) is 5.39. The van der Waals surface area contributed by atoms with Crippen LogP contribution in [0.3, 0.4) is 0 Å². The van der Waals surface area contributed by atoms with Gasteiger partial charge in [0.25, 0.3) is 0 Å². The molecule has 1 aromatic carbocycles. The fraction of sp³-hybridized carbons (Fsp3) is 0.500. The first-order valence-electron chi connectivity index (χ1n) is 8.32. The third kappa shape index (κ3) is 3.55. The van der Waals surface area contributed by atoms with Gasteiger partial charge < -0.3 is 19.5 Å².